The third-order valence-corrected chi connectivity index (χ3v) is 11.5. The summed E-state index contributed by atoms with van der Waals surface area (Å²) >= 11 is 1.80. The standard InChI is InChI=1S/C49H30N2O2S/c1-3-14-31(15-4-1)35-18-7-10-21-40(35)51(41-22-13-24-43-45(41)36-19-8-11-23-42(36)52-43)34-28-26-32(27-29-34)38-30-39-47(53-49(50-39)33-16-5-2-6-17-33)46-37-20-9-12-25-44(37)54-48(38)46/h1-30H. The Bertz CT molecular complexity index is 3160. The Morgan fingerprint density at radius 3 is 1.94 bits per heavy atom. The maximum absolute atomic E-state index is 6.56. The molecule has 0 N–H and O–H groups in total. The smallest absolute Gasteiger partial charge is 0.227 e. The number of hydrogen-bond acceptors (Lipinski definition) is 5. The van der Waals surface area contributed by atoms with Crippen LogP contribution < -0.4 is 4.90 Å². The molecule has 3 aromatic heterocycles. The minimum absolute atomic E-state index is 0.628. The predicted molar refractivity (Wildman–Crippen MR) is 225 cm³/mol. The summed E-state index contributed by atoms with van der Waals surface area (Å²) in [5.41, 5.74) is 12.1. The Balaban J connectivity index is 1.13. The van der Waals surface area contributed by atoms with Gasteiger partial charge >= 0.3 is 0 Å². The van der Waals surface area contributed by atoms with Crippen LogP contribution in [0.3, 0.4) is 0 Å². The van der Waals surface area contributed by atoms with Crippen molar-refractivity contribution in [2.75, 3.05) is 4.90 Å². The number of rotatable bonds is 6. The van der Waals surface area contributed by atoms with Crippen LogP contribution in [0.4, 0.5) is 17.1 Å². The van der Waals surface area contributed by atoms with Gasteiger partial charge in [-0.25, -0.2) is 4.98 Å². The quantitative estimate of drug-likeness (QED) is 0.172. The molecule has 0 saturated heterocycles. The average Bonchev–Trinajstić information content (AvgIpc) is 3.96. The van der Waals surface area contributed by atoms with E-state index in [0.717, 1.165) is 83.3 Å². The van der Waals surface area contributed by atoms with Crippen molar-refractivity contribution in [1.29, 1.82) is 0 Å². The zero-order valence-corrected chi connectivity index (χ0v) is 29.8. The van der Waals surface area contributed by atoms with E-state index in [1.807, 2.05) is 42.5 Å². The third kappa shape index (κ3) is 4.86. The second kappa shape index (κ2) is 12.3. The summed E-state index contributed by atoms with van der Waals surface area (Å²) in [6.07, 6.45) is 0. The van der Waals surface area contributed by atoms with Crippen molar-refractivity contribution >= 4 is 81.6 Å². The maximum Gasteiger partial charge on any atom is 0.227 e. The molecule has 0 aliphatic rings. The van der Waals surface area contributed by atoms with Gasteiger partial charge in [0.1, 0.15) is 16.7 Å². The molecule has 54 heavy (non-hydrogen) atoms. The van der Waals surface area contributed by atoms with Crippen LogP contribution in [0.2, 0.25) is 0 Å². The zero-order valence-electron chi connectivity index (χ0n) is 28.9. The highest BCUT2D eigenvalue weighted by Crippen LogP contribution is 2.48. The van der Waals surface area contributed by atoms with Crippen LogP contribution in [0.1, 0.15) is 0 Å². The van der Waals surface area contributed by atoms with Gasteiger partial charge in [0.2, 0.25) is 5.89 Å². The van der Waals surface area contributed by atoms with Gasteiger partial charge in [-0.05, 0) is 71.8 Å². The monoisotopic (exact) mass is 710 g/mol. The highest BCUT2D eigenvalue weighted by Gasteiger charge is 2.23. The average molecular weight is 711 g/mol. The van der Waals surface area contributed by atoms with Gasteiger partial charge in [0.15, 0.2) is 5.58 Å². The van der Waals surface area contributed by atoms with Crippen LogP contribution in [-0.4, -0.2) is 4.98 Å². The molecule has 11 rings (SSSR count). The van der Waals surface area contributed by atoms with Crippen LogP contribution in [0.15, 0.2) is 191 Å². The zero-order chi connectivity index (χ0) is 35.6. The minimum Gasteiger partial charge on any atom is -0.456 e. The third-order valence-electron chi connectivity index (χ3n) is 10.3. The highest BCUT2D eigenvalue weighted by atomic mass is 32.1. The van der Waals surface area contributed by atoms with Crippen molar-refractivity contribution in [2.24, 2.45) is 0 Å². The van der Waals surface area contributed by atoms with Gasteiger partial charge in [0.05, 0.1) is 16.8 Å². The van der Waals surface area contributed by atoms with Gasteiger partial charge in [-0.1, -0.05) is 121 Å². The van der Waals surface area contributed by atoms with Crippen molar-refractivity contribution < 1.29 is 8.83 Å². The molecule has 4 nitrogen and oxygen atoms in total. The fourth-order valence-corrected chi connectivity index (χ4v) is 9.10. The first-order valence-electron chi connectivity index (χ1n) is 18.0. The van der Waals surface area contributed by atoms with E-state index in [9.17, 15) is 0 Å². The second-order valence-corrected chi connectivity index (χ2v) is 14.5. The Morgan fingerprint density at radius 2 is 1.11 bits per heavy atom. The van der Waals surface area contributed by atoms with E-state index < -0.39 is 0 Å². The van der Waals surface area contributed by atoms with Gasteiger partial charge in [0.25, 0.3) is 0 Å². The van der Waals surface area contributed by atoms with Gasteiger partial charge in [-0.3, -0.25) is 0 Å². The Hall–Kier alpha value is -6.95. The largest absolute Gasteiger partial charge is 0.456 e. The number of oxazole rings is 1. The summed E-state index contributed by atoms with van der Waals surface area (Å²) in [4.78, 5) is 7.41. The number of fused-ring (bicyclic) bond motifs is 8. The summed E-state index contributed by atoms with van der Waals surface area (Å²) in [7, 11) is 0. The van der Waals surface area contributed by atoms with E-state index in [1.54, 1.807) is 11.3 Å². The Kier molecular flexibility index (Phi) is 7.00. The van der Waals surface area contributed by atoms with Crippen molar-refractivity contribution in [3.63, 3.8) is 0 Å². The first-order chi connectivity index (χ1) is 26.8. The van der Waals surface area contributed by atoms with Crippen molar-refractivity contribution in [2.45, 2.75) is 0 Å². The predicted octanol–water partition coefficient (Wildman–Crippen LogP) is 14.6. The molecule has 0 saturated carbocycles. The molecule has 0 amide bonds. The van der Waals surface area contributed by atoms with Crippen LogP contribution in [-0.2, 0) is 0 Å². The number of nitrogens with zero attached hydrogens (tertiary/aromatic N) is 2. The molecule has 3 heterocycles. The molecule has 0 atom stereocenters. The molecular weight excluding hydrogens is 681 g/mol. The summed E-state index contributed by atoms with van der Waals surface area (Å²) < 4.78 is 15.4. The fourth-order valence-electron chi connectivity index (χ4n) is 7.86. The molecule has 0 unspecified atom stereocenters. The van der Waals surface area contributed by atoms with Crippen LogP contribution >= 0.6 is 11.3 Å². The van der Waals surface area contributed by atoms with Crippen molar-refractivity contribution in [1.82, 2.24) is 4.98 Å². The number of benzene rings is 8. The summed E-state index contributed by atoms with van der Waals surface area (Å²) in [5.74, 6) is 0.628. The lowest BCUT2D eigenvalue weighted by molar-refractivity contribution is 0.623. The van der Waals surface area contributed by atoms with E-state index in [0.29, 0.717) is 5.89 Å². The topological polar surface area (TPSA) is 42.4 Å². The lowest BCUT2D eigenvalue weighted by Crippen LogP contribution is -2.11. The summed E-state index contributed by atoms with van der Waals surface area (Å²) in [6.45, 7) is 0. The highest BCUT2D eigenvalue weighted by molar-refractivity contribution is 7.26. The number of furan rings is 1. The van der Waals surface area contributed by atoms with E-state index in [1.165, 1.54) is 14.8 Å². The summed E-state index contributed by atoms with van der Waals surface area (Å²) in [6, 6.07) is 63.7. The number of para-hydroxylation sites is 2. The number of aromatic nitrogens is 1. The second-order valence-electron chi connectivity index (χ2n) is 13.5. The van der Waals surface area contributed by atoms with Crippen LogP contribution in [0.5, 0.6) is 0 Å². The van der Waals surface area contributed by atoms with Crippen LogP contribution in [0.25, 0.3) is 86.9 Å². The molecule has 11 aromatic rings. The normalized spacial score (nSPS) is 11.7. The number of thiophene rings is 1. The SMILES string of the molecule is c1ccc(-c2nc3cc(-c4ccc(N(c5ccccc5-c5ccccc5)c5cccc6oc7ccccc7c56)cc4)c4sc5ccccc5c4c3o2)cc1. The molecule has 8 aromatic carbocycles. The molecule has 0 aliphatic heterocycles. The van der Waals surface area contributed by atoms with E-state index >= 15 is 0 Å². The van der Waals surface area contributed by atoms with Crippen LogP contribution in [0, 0.1) is 0 Å². The van der Waals surface area contributed by atoms with Gasteiger partial charge in [-0.15, -0.1) is 11.3 Å². The maximum atomic E-state index is 6.56. The van der Waals surface area contributed by atoms with Gasteiger partial charge in [0, 0.05) is 47.9 Å². The fraction of sp³-hybridized carbons (Fsp3) is 0. The van der Waals surface area contributed by atoms with Crippen molar-refractivity contribution in [3.05, 3.63) is 182 Å². The molecule has 0 aliphatic carbocycles. The number of hydrogen-bond donors (Lipinski definition) is 0. The van der Waals surface area contributed by atoms with E-state index in [-0.39, 0.29) is 0 Å². The lowest BCUT2D eigenvalue weighted by atomic mass is 9.99. The number of anilines is 3. The Morgan fingerprint density at radius 1 is 0.463 bits per heavy atom. The van der Waals surface area contributed by atoms with Gasteiger partial charge < -0.3 is 13.7 Å². The molecule has 254 valence electrons. The molecule has 5 heteroatoms. The summed E-state index contributed by atoms with van der Waals surface area (Å²) in [5, 5.41) is 4.46. The van der Waals surface area contributed by atoms with Gasteiger partial charge in [-0.2, -0.15) is 0 Å². The molecule has 0 radical (unpaired) electrons. The van der Waals surface area contributed by atoms with E-state index in [4.69, 9.17) is 13.8 Å². The Labute approximate surface area is 314 Å². The lowest BCUT2D eigenvalue weighted by Gasteiger charge is -2.28. The molecule has 0 spiro atoms. The minimum atomic E-state index is 0.628. The first kappa shape index (κ1) is 30.7. The molecule has 0 fully saturated rings. The molecular formula is C49H30N2O2S. The van der Waals surface area contributed by atoms with Crippen molar-refractivity contribution in [3.8, 4) is 33.7 Å². The van der Waals surface area contributed by atoms with E-state index in [2.05, 4.69) is 144 Å². The first-order valence-corrected chi connectivity index (χ1v) is 18.9. The molecule has 0 bridgehead atoms.